The molecule has 0 aliphatic heterocycles. The number of aliphatic hydroxyl groups is 1. The van der Waals surface area contributed by atoms with Crippen molar-refractivity contribution in [1.29, 1.82) is 5.26 Å². The van der Waals surface area contributed by atoms with Crippen molar-refractivity contribution >= 4 is 16.7 Å². The Kier molecular flexibility index (Phi) is 3.91. The molecule has 0 amide bonds. The molecular formula is C16H19N3O. The number of hydrogen-bond acceptors (Lipinski definition) is 4. The first-order chi connectivity index (χ1) is 9.44. The third-order valence-corrected chi connectivity index (χ3v) is 3.08. The molecule has 0 saturated carbocycles. The zero-order valence-electron chi connectivity index (χ0n) is 12.1. The van der Waals surface area contributed by atoms with Crippen LogP contribution < -0.4 is 4.90 Å². The summed E-state index contributed by atoms with van der Waals surface area (Å²) < 4.78 is 0. The van der Waals surface area contributed by atoms with E-state index in [1.54, 1.807) is 13.8 Å². The minimum absolute atomic E-state index is 0.434. The van der Waals surface area contributed by atoms with Crippen molar-refractivity contribution < 1.29 is 5.11 Å². The highest BCUT2D eigenvalue weighted by atomic mass is 16.3. The van der Waals surface area contributed by atoms with E-state index in [1.165, 1.54) is 0 Å². The zero-order valence-corrected chi connectivity index (χ0v) is 12.1. The van der Waals surface area contributed by atoms with E-state index in [-0.39, 0.29) is 0 Å². The Morgan fingerprint density at radius 1 is 1.35 bits per heavy atom. The highest BCUT2D eigenvalue weighted by Gasteiger charge is 2.21. The van der Waals surface area contributed by atoms with E-state index >= 15 is 0 Å². The Morgan fingerprint density at radius 2 is 2.05 bits per heavy atom. The van der Waals surface area contributed by atoms with Gasteiger partial charge in [0.25, 0.3) is 0 Å². The van der Waals surface area contributed by atoms with Gasteiger partial charge >= 0.3 is 0 Å². The highest BCUT2D eigenvalue weighted by Crippen LogP contribution is 2.24. The van der Waals surface area contributed by atoms with Gasteiger partial charge in [0.2, 0.25) is 0 Å². The second kappa shape index (κ2) is 5.48. The van der Waals surface area contributed by atoms with Crippen LogP contribution in [0.1, 0.15) is 26.3 Å². The molecule has 1 aromatic heterocycles. The number of pyridine rings is 1. The molecule has 0 unspecified atom stereocenters. The van der Waals surface area contributed by atoms with Gasteiger partial charge in [-0.2, -0.15) is 5.26 Å². The molecule has 0 spiro atoms. The smallest absolute Gasteiger partial charge is 0.147 e. The lowest BCUT2D eigenvalue weighted by molar-refractivity contribution is 0.0874. The van der Waals surface area contributed by atoms with Crippen LogP contribution in [0.15, 0.2) is 30.3 Å². The van der Waals surface area contributed by atoms with E-state index in [1.807, 2.05) is 42.2 Å². The fourth-order valence-electron chi connectivity index (χ4n) is 2.23. The molecular weight excluding hydrogens is 250 g/mol. The molecule has 0 atom stereocenters. The molecule has 1 aromatic carbocycles. The van der Waals surface area contributed by atoms with Crippen LogP contribution in [0.3, 0.4) is 0 Å². The van der Waals surface area contributed by atoms with Crippen molar-refractivity contribution in [2.45, 2.75) is 26.4 Å². The Labute approximate surface area is 119 Å². The molecule has 4 nitrogen and oxygen atoms in total. The third kappa shape index (κ3) is 3.06. The summed E-state index contributed by atoms with van der Waals surface area (Å²) in [5, 5.41) is 20.3. The van der Waals surface area contributed by atoms with Gasteiger partial charge in [-0.25, -0.2) is 4.98 Å². The Morgan fingerprint density at radius 3 is 2.65 bits per heavy atom. The molecule has 2 rings (SSSR count). The fraction of sp³-hybridized carbons (Fsp3) is 0.375. The lowest BCUT2D eigenvalue weighted by Gasteiger charge is -2.29. The fourth-order valence-corrected chi connectivity index (χ4v) is 2.23. The summed E-state index contributed by atoms with van der Waals surface area (Å²) >= 11 is 0. The number of fused-ring (bicyclic) bond motifs is 1. The van der Waals surface area contributed by atoms with Gasteiger partial charge in [-0.05, 0) is 32.9 Å². The van der Waals surface area contributed by atoms with E-state index in [4.69, 9.17) is 0 Å². The molecule has 104 valence electrons. The van der Waals surface area contributed by atoms with Gasteiger partial charge in [-0.15, -0.1) is 0 Å². The minimum atomic E-state index is -0.837. The second-order valence-corrected chi connectivity index (χ2v) is 5.49. The molecule has 0 aliphatic carbocycles. The van der Waals surface area contributed by atoms with Gasteiger partial charge in [0, 0.05) is 18.5 Å². The van der Waals surface area contributed by atoms with Crippen LogP contribution in [0, 0.1) is 11.3 Å². The molecule has 0 radical (unpaired) electrons. The van der Waals surface area contributed by atoms with Gasteiger partial charge in [0.15, 0.2) is 0 Å². The number of benzene rings is 1. The van der Waals surface area contributed by atoms with Crippen molar-refractivity contribution in [2.75, 3.05) is 18.0 Å². The van der Waals surface area contributed by atoms with Crippen LogP contribution >= 0.6 is 0 Å². The first kappa shape index (κ1) is 14.3. The van der Waals surface area contributed by atoms with E-state index in [0.717, 1.165) is 10.9 Å². The van der Waals surface area contributed by atoms with Crippen LogP contribution in [0.25, 0.3) is 10.9 Å². The van der Waals surface area contributed by atoms with Gasteiger partial charge < -0.3 is 10.0 Å². The zero-order chi connectivity index (χ0) is 14.8. The molecule has 0 fully saturated rings. The van der Waals surface area contributed by atoms with Crippen LogP contribution in [0.4, 0.5) is 5.82 Å². The van der Waals surface area contributed by atoms with Crippen molar-refractivity contribution in [3.8, 4) is 6.07 Å². The molecule has 1 heterocycles. The van der Waals surface area contributed by atoms with Gasteiger partial charge in [0.05, 0.1) is 16.7 Å². The largest absolute Gasteiger partial charge is 0.389 e. The average Bonchev–Trinajstić information content (AvgIpc) is 2.42. The predicted molar refractivity (Wildman–Crippen MR) is 80.6 cm³/mol. The maximum Gasteiger partial charge on any atom is 0.147 e. The second-order valence-electron chi connectivity index (χ2n) is 5.49. The number of aromatic nitrogens is 1. The molecule has 0 aliphatic rings. The predicted octanol–water partition coefficient (Wildman–Crippen LogP) is 2.70. The van der Waals surface area contributed by atoms with Crippen molar-refractivity contribution in [3.05, 3.63) is 35.9 Å². The number of hydrogen-bond donors (Lipinski definition) is 1. The topological polar surface area (TPSA) is 60.1 Å². The standard InChI is InChI=1S/C16H19N3O/c1-4-19(11-16(2,3)20)15-13(10-17)9-12-7-5-6-8-14(12)18-15/h5-9,20H,4,11H2,1-3H3. The summed E-state index contributed by atoms with van der Waals surface area (Å²) in [6.45, 7) is 6.61. The molecule has 2 aromatic rings. The normalized spacial score (nSPS) is 11.3. The maximum atomic E-state index is 10.0. The Hall–Kier alpha value is -2.12. The molecule has 0 bridgehead atoms. The number of nitrogens with zero attached hydrogens (tertiary/aromatic N) is 3. The molecule has 20 heavy (non-hydrogen) atoms. The first-order valence-corrected chi connectivity index (χ1v) is 6.72. The van der Waals surface area contributed by atoms with Crippen molar-refractivity contribution in [1.82, 2.24) is 4.98 Å². The monoisotopic (exact) mass is 269 g/mol. The summed E-state index contributed by atoms with van der Waals surface area (Å²) in [7, 11) is 0. The quantitative estimate of drug-likeness (QED) is 0.927. The summed E-state index contributed by atoms with van der Waals surface area (Å²) in [6.07, 6.45) is 0. The van der Waals surface area contributed by atoms with E-state index in [0.29, 0.717) is 24.5 Å². The summed E-state index contributed by atoms with van der Waals surface area (Å²) in [5.74, 6) is 0.635. The van der Waals surface area contributed by atoms with Gasteiger partial charge in [-0.3, -0.25) is 0 Å². The first-order valence-electron chi connectivity index (χ1n) is 6.72. The molecule has 1 N–H and O–H groups in total. The highest BCUT2D eigenvalue weighted by molar-refractivity contribution is 5.83. The molecule has 0 saturated heterocycles. The van der Waals surface area contributed by atoms with Crippen LogP contribution in [-0.2, 0) is 0 Å². The molecule has 4 heteroatoms. The summed E-state index contributed by atoms with van der Waals surface area (Å²) in [5.41, 5.74) is 0.557. The number of para-hydroxylation sites is 1. The van der Waals surface area contributed by atoms with Crippen LogP contribution in [-0.4, -0.2) is 28.8 Å². The minimum Gasteiger partial charge on any atom is -0.389 e. The average molecular weight is 269 g/mol. The van der Waals surface area contributed by atoms with E-state index in [9.17, 15) is 10.4 Å². The summed E-state index contributed by atoms with van der Waals surface area (Å²) in [6, 6.07) is 11.8. The van der Waals surface area contributed by atoms with Crippen molar-refractivity contribution in [2.24, 2.45) is 0 Å². The van der Waals surface area contributed by atoms with Crippen LogP contribution in [0.5, 0.6) is 0 Å². The van der Waals surface area contributed by atoms with Gasteiger partial charge in [0.1, 0.15) is 11.9 Å². The SMILES string of the molecule is CCN(CC(C)(C)O)c1nc2ccccc2cc1C#N. The Bertz CT molecular complexity index is 653. The third-order valence-electron chi connectivity index (χ3n) is 3.08. The van der Waals surface area contributed by atoms with Gasteiger partial charge in [-0.1, -0.05) is 18.2 Å². The number of rotatable bonds is 4. The number of nitriles is 1. The van der Waals surface area contributed by atoms with Crippen molar-refractivity contribution in [3.63, 3.8) is 0 Å². The number of anilines is 1. The lowest BCUT2D eigenvalue weighted by atomic mass is 10.1. The van der Waals surface area contributed by atoms with E-state index < -0.39 is 5.60 Å². The Balaban J connectivity index is 2.53. The van der Waals surface area contributed by atoms with Crippen LogP contribution in [0.2, 0.25) is 0 Å². The summed E-state index contributed by atoms with van der Waals surface area (Å²) in [4.78, 5) is 6.53. The maximum absolute atomic E-state index is 10.0. The lowest BCUT2D eigenvalue weighted by Crippen LogP contribution is -2.39. The van der Waals surface area contributed by atoms with E-state index in [2.05, 4.69) is 11.1 Å². The number of likely N-dealkylation sites (N-methyl/N-ethyl adjacent to an activating group) is 1.